The highest BCUT2D eigenvalue weighted by Crippen LogP contribution is 2.43. The molecule has 5 nitrogen and oxygen atoms in total. The van der Waals surface area contributed by atoms with Gasteiger partial charge in [0.2, 0.25) is 17.7 Å². The molecule has 1 aliphatic carbocycles. The Hall–Kier alpha value is -3.90. The van der Waals surface area contributed by atoms with E-state index >= 15 is 0 Å². The Balaban J connectivity index is 1.32. The number of benzene rings is 4. The Bertz CT molecular complexity index is 1540. The minimum absolute atomic E-state index is 0.115. The fourth-order valence-electron chi connectivity index (χ4n) is 5.04. The smallest absolute Gasteiger partial charge is 0.247 e. The summed E-state index contributed by atoms with van der Waals surface area (Å²) < 4.78 is 0. The molecule has 35 heavy (non-hydrogen) atoms. The quantitative estimate of drug-likeness (QED) is 0.332. The number of nitrogens with zero attached hydrogens (tertiary/aromatic N) is 1. The van der Waals surface area contributed by atoms with Crippen molar-refractivity contribution in [3.63, 3.8) is 0 Å². The summed E-state index contributed by atoms with van der Waals surface area (Å²) in [4.78, 5) is 40.5. The molecule has 0 saturated carbocycles. The van der Waals surface area contributed by atoms with Crippen molar-refractivity contribution < 1.29 is 14.4 Å². The van der Waals surface area contributed by atoms with Crippen LogP contribution in [0, 0.1) is 0 Å². The molecule has 0 radical (unpaired) electrons. The normalized spacial score (nSPS) is 16.5. The second-order valence-electron chi connectivity index (χ2n) is 8.90. The lowest BCUT2D eigenvalue weighted by Gasteiger charge is -2.18. The first-order chi connectivity index (χ1) is 17.0. The standard InChI is InChI=1S/C29H22N2O3S/c1-17(32)30-25-13-10-18-6-2-5-9-24(18)28(25)35-26-16-27(33)31(29(26)34)21-11-12-23-20(15-21)14-19-7-3-4-8-22(19)23/h2-13,15,26H,14,16H2,1H3,(H,30,32)/t26-/m0/s1. The van der Waals surface area contributed by atoms with Gasteiger partial charge in [0, 0.05) is 18.2 Å². The number of imide groups is 1. The lowest BCUT2D eigenvalue weighted by Crippen LogP contribution is -2.31. The van der Waals surface area contributed by atoms with E-state index in [9.17, 15) is 14.4 Å². The van der Waals surface area contributed by atoms with Crippen LogP contribution in [0.25, 0.3) is 21.9 Å². The molecular weight excluding hydrogens is 456 g/mol. The maximum atomic E-state index is 13.5. The molecular formula is C29H22N2O3S. The van der Waals surface area contributed by atoms with Gasteiger partial charge in [-0.15, -0.1) is 11.8 Å². The Morgan fingerprint density at radius 2 is 1.69 bits per heavy atom. The second-order valence-corrected chi connectivity index (χ2v) is 10.1. The molecule has 1 saturated heterocycles. The van der Waals surface area contributed by atoms with Gasteiger partial charge >= 0.3 is 0 Å². The summed E-state index contributed by atoms with van der Waals surface area (Å²) >= 11 is 1.35. The first-order valence-electron chi connectivity index (χ1n) is 11.5. The van der Waals surface area contributed by atoms with Gasteiger partial charge < -0.3 is 5.32 Å². The molecule has 2 aliphatic rings. The Kier molecular flexibility index (Phi) is 5.19. The predicted molar refractivity (Wildman–Crippen MR) is 140 cm³/mol. The molecule has 6 heteroatoms. The summed E-state index contributed by atoms with van der Waals surface area (Å²) in [6.07, 6.45) is 0.910. The van der Waals surface area contributed by atoms with Crippen molar-refractivity contribution in [1.82, 2.24) is 0 Å². The summed E-state index contributed by atoms with van der Waals surface area (Å²) in [5.41, 5.74) is 6.02. The third kappa shape index (κ3) is 3.70. The summed E-state index contributed by atoms with van der Waals surface area (Å²) in [5.74, 6) is -0.613. The Morgan fingerprint density at radius 3 is 2.54 bits per heavy atom. The molecule has 3 amide bonds. The molecule has 172 valence electrons. The monoisotopic (exact) mass is 478 g/mol. The van der Waals surface area contributed by atoms with Crippen LogP contribution in [0.1, 0.15) is 24.5 Å². The van der Waals surface area contributed by atoms with Crippen LogP contribution in [0.5, 0.6) is 0 Å². The fourth-order valence-corrected chi connectivity index (χ4v) is 6.31. The van der Waals surface area contributed by atoms with E-state index in [4.69, 9.17) is 0 Å². The van der Waals surface area contributed by atoms with Crippen molar-refractivity contribution in [1.29, 1.82) is 0 Å². The number of hydrogen-bond donors (Lipinski definition) is 1. The minimum atomic E-state index is -0.564. The summed E-state index contributed by atoms with van der Waals surface area (Å²) in [6, 6.07) is 25.8. The van der Waals surface area contributed by atoms with E-state index < -0.39 is 5.25 Å². The predicted octanol–water partition coefficient (Wildman–Crippen LogP) is 5.79. The molecule has 4 aromatic carbocycles. The van der Waals surface area contributed by atoms with Gasteiger partial charge in [-0.25, -0.2) is 4.90 Å². The number of thioether (sulfide) groups is 1. The zero-order valence-corrected chi connectivity index (χ0v) is 19.9. The van der Waals surface area contributed by atoms with Crippen LogP contribution in [0.4, 0.5) is 11.4 Å². The lowest BCUT2D eigenvalue weighted by molar-refractivity contribution is -0.121. The molecule has 1 atom stereocenters. The number of rotatable bonds is 4. The molecule has 0 spiro atoms. The first-order valence-corrected chi connectivity index (χ1v) is 12.4. The first kappa shape index (κ1) is 21.6. The van der Waals surface area contributed by atoms with Crippen molar-refractivity contribution in [2.75, 3.05) is 10.2 Å². The van der Waals surface area contributed by atoms with Gasteiger partial charge in [0.15, 0.2) is 0 Å². The zero-order valence-electron chi connectivity index (χ0n) is 19.1. The van der Waals surface area contributed by atoms with E-state index in [0.29, 0.717) is 11.4 Å². The van der Waals surface area contributed by atoms with Gasteiger partial charge in [-0.05, 0) is 57.6 Å². The van der Waals surface area contributed by atoms with Crippen LogP contribution >= 0.6 is 11.8 Å². The molecule has 0 unspecified atom stereocenters. The number of hydrogen-bond acceptors (Lipinski definition) is 4. The minimum Gasteiger partial charge on any atom is -0.325 e. The summed E-state index contributed by atoms with van der Waals surface area (Å²) in [6.45, 7) is 1.46. The van der Waals surface area contributed by atoms with Crippen molar-refractivity contribution in [3.8, 4) is 11.1 Å². The van der Waals surface area contributed by atoms with Gasteiger partial charge in [-0.2, -0.15) is 0 Å². The number of carbonyl (C=O) groups is 3. The van der Waals surface area contributed by atoms with Gasteiger partial charge in [-0.1, -0.05) is 60.7 Å². The highest BCUT2D eigenvalue weighted by atomic mass is 32.2. The third-order valence-corrected chi connectivity index (χ3v) is 7.92. The maximum absolute atomic E-state index is 13.5. The lowest BCUT2D eigenvalue weighted by atomic mass is 10.1. The second kappa shape index (κ2) is 8.40. The SMILES string of the molecule is CC(=O)Nc1ccc2ccccc2c1S[C@H]1CC(=O)N(c2ccc3c(c2)Cc2ccccc2-3)C1=O. The molecule has 1 aliphatic heterocycles. The van der Waals surface area contributed by atoms with Crippen molar-refractivity contribution in [3.05, 3.63) is 90.0 Å². The number of nitrogens with one attached hydrogen (secondary N) is 1. The highest BCUT2D eigenvalue weighted by Gasteiger charge is 2.41. The van der Waals surface area contributed by atoms with Crippen LogP contribution in [-0.4, -0.2) is 23.0 Å². The van der Waals surface area contributed by atoms with Crippen LogP contribution in [-0.2, 0) is 20.8 Å². The number of amides is 3. The molecule has 1 N–H and O–H groups in total. The Labute approximate surface area is 207 Å². The van der Waals surface area contributed by atoms with Crippen LogP contribution in [0.15, 0.2) is 83.8 Å². The molecule has 6 rings (SSSR count). The largest absolute Gasteiger partial charge is 0.325 e. The van der Waals surface area contributed by atoms with E-state index in [2.05, 4.69) is 17.4 Å². The maximum Gasteiger partial charge on any atom is 0.247 e. The van der Waals surface area contributed by atoms with E-state index in [1.165, 1.54) is 34.7 Å². The van der Waals surface area contributed by atoms with Gasteiger partial charge in [0.1, 0.15) is 0 Å². The molecule has 1 fully saturated rings. The van der Waals surface area contributed by atoms with Gasteiger partial charge in [0.25, 0.3) is 0 Å². The highest BCUT2D eigenvalue weighted by molar-refractivity contribution is 8.01. The Morgan fingerprint density at radius 1 is 0.914 bits per heavy atom. The van der Waals surface area contributed by atoms with Gasteiger partial charge in [-0.3, -0.25) is 14.4 Å². The number of fused-ring (bicyclic) bond motifs is 4. The molecule has 1 heterocycles. The average Bonchev–Trinajstić information content (AvgIpc) is 3.35. The fraction of sp³-hybridized carbons (Fsp3) is 0.138. The molecule has 0 bridgehead atoms. The molecule has 0 aromatic heterocycles. The zero-order chi connectivity index (χ0) is 24.1. The number of anilines is 2. The van der Waals surface area contributed by atoms with Crippen LogP contribution in [0.2, 0.25) is 0 Å². The van der Waals surface area contributed by atoms with E-state index in [1.54, 1.807) is 0 Å². The van der Waals surface area contributed by atoms with Gasteiger partial charge in [0.05, 0.1) is 16.6 Å². The third-order valence-electron chi connectivity index (χ3n) is 6.59. The van der Waals surface area contributed by atoms with Crippen molar-refractivity contribution in [2.24, 2.45) is 0 Å². The van der Waals surface area contributed by atoms with E-state index in [1.807, 2.05) is 66.7 Å². The number of carbonyl (C=O) groups excluding carboxylic acids is 3. The molecule has 4 aromatic rings. The topological polar surface area (TPSA) is 66.5 Å². The van der Waals surface area contributed by atoms with E-state index in [-0.39, 0.29) is 24.1 Å². The van der Waals surface area contributed by atoms with Crippen LogP contribution in [0.3, 0.4) is 0 Å². The summed E-state index contributed by atoms with van der Waals surface area (Å²) in [7, 11) is 0. The van der Waals surface area contributed by atoms with E-state index in [0.717, 1.165) is 33.2 Å². The van der Waals surface area contributed by atoms with Crippen molar-refractivity contribution >= 4 is 51.6 Å². The van der Waals surface area contributed by atoms with Crippen LogP contribution < -0.4 is 10.2 Å². The summed E-state index contributed by atoms with van der Waals surface area (Å²) in [5, 5.41) is 4.26. The average molecular weight is 479 g/mol. The van der Waals surface area contributed by atoms with Crippen molar-refractivity contribution in [2.45, 2.75) is 29.9 Å².